The number of aromatic nitrogens is 1. The number of nitrogens with one attached hydrogen (secondary N) is 1. The first kappa shape index (κ1) is 12.0. The highest BCUT2D eigenvalue weighted by Gasteiger charge is 2.31. The number of carbonyl (C=O) groups excluding carboxylic acids is 1. The smallest absolute Gasteiger partial charge is 0.255 e. The van der Waals surface area contributed by atoms with Crippen molar-refractivity contribution in [3.05, 3.63) is 44.8 Å². The van der Waals surface area contributed by atoms with Crippen LogP contribution in [0.25, 0.3) is 0 Å². The number of carbonyl (C=O) groups is 1. The number of likely N-dealkylation sites (tertiary alicyclic amines) is 1. The molecule has 2 aromatic heterocycles. The maximum atomic E-state index is 12.5. The number of hydrogen-bond acceptors (Lipinski definition) is 2. The van der Waals surface area contributed by atoms with Gasteiger partial charge in [0.05, 0.1) is 15.4 Å². The van der Waals surface area contributed by atoms with Crippen molar-refractivity contribution in [2.75, 3.05) is 6.54 Å². The van der Waals surface area contributed by atoms with Crippen LogP contribution in [0.1, 0.15) is 34.9 Å². The molecule has 1 amide bonds. The van der Waals surface area contributed by atoms with E-state index in [1.165, 1.54) is 0 Å². The summed E-state index contributed by atoms with van der Waals surface area (Å²) < 4.78 is 1.00. The third-order valence-electron chi connectivity index (χ3n) is 3.31. The van der Waals surface area contributed by atoms with Gasteiger partial charge in [-0.2, -0.15) is 0 Å². The number of nitrogens with zero attached hydrogens (tertiary/aromatic N) is 1. The minimum atomic E-state index is 0.133. The lowest BCUT2D eigenvalue weighted by atomic mass is 10.1. The molecule has 94 valence electrons. The molecular formula is C13H13BrN2OS. The first-order valence-electron chi connectivity index (χ1n) is 5.94. The zero-order valence-corrected chi connectivity index (χ0v) is 12.1. The SMILES string of the molecule is O=C(c1csc(Br)c1)N1CCCC1c1ccc[nH]1. The second-order valence-corrected chi connectivity index (χ2v) is 6.71. The first-order valence-corrected chi connectivity index (χ1v) is 7.61. The molecule has 1 fully saturated rings. The van der Waals surface area contributed by atoms with Gasteiger partial charge in [0.15, 0.2) is 0 Å². The van der Waals surface area contributed by atoms with Gasteiger partial charge in [-0.05, 0) is 47.0 Å². The van der Waals surface area contributed by atoms with Crippen molar-refractivity contribution in [1.29, 1.82) is 0 Å². The van der Waals surface area contributed by atoms with Gasteiger partial charge >= 0.3 is 0 Å². The van der Waals surface area contributed by atoms with E-state index in [2.05, 4.69) is 27.0 Å². The van der Waals surface area contributed by atoms with Crippen LogP contribution in [0.5, 0.6) is 0 Å². The largest absolute Gasteiger partial charge is 0.363 e. The van der Waals surface area contributed by atoms with E-state index in [1.54, 1.807) is 11.3 Å². The molecule has 0 aromatic carbocycles. The highest BCUT2D eigenvalue weighted by Crippen LogP contribution is 2.33. The van der Waals surface area contributed by atoms with Gasteiger partial charge in [0.2, 0.25) is 0 Å². The van der Waals surface area contributed by atoms with E-state index >= 15 is 0 Å². The number of amides is 1. The lowest BCUT2D eigenvalue weighted by Gasteiger charge is -2.23. The van der Waals surface area contributed by atoms with Crippen LogP contribution in [-0.2, 0) is 0 Å². The Balaban J connectivity index is 1.85. The molecule has 1 N–H and O–H groups in total. The molecule has 1 unspecified atom stereocenters. The Labute approximate surface area is 118 Å². The Kier molecular flexibility index (Phi) is 3.26. The summed E-state index contributed by atoms with van der Waals surface area (Å²) >= 11 is 4.96. The number of halogens is 1. The van der Waals surface area contributed by atoms with E-state index in [-0.39, 0.29) is 11.9 Å². The van der Waals surface area contributed by atoms with Gasteiger partial charge in [-0.1, -0.05) is 0 Å². The third kappa shape index (κ3) is 2.12. The number of rotatable bonds is 2. The maximum Gasteiger partial charge on any atom is 0.255 e. The van der Waals surface area contributed by atoms with Gasteiger partial charge in [0, 0.05) is 23.8 Å². The minimum Gasteiger partial charge on any atom is -0.363 e. The van der Waals surface area contributed by atoms with Gasteiger partial charge in [-0.15, -0.1) is 11.3 Å². The van der Waals surface area contributed by atoms with E-state index in [0.29, 0.717) is 0 Å². The summed E-state index contributed by atoms with van der Waals surface area (Å²) in [5.41, 5.74) is 1.92. The Morgan fingerprint density at radius 3 is 3.11 bits per heavy atom. The molecule has 0 saturated carbocycles. The van der Waals surface area contributed by atoms with Crippen molar-refractivity contribution in [3.63, 3.8) is 0 Å². The summed E-state index contributed by atoms with van der Waals surface area (Å²) in [5.74, 6) is 0.133. The molecule has 3 rings (SSSR count). The fourth-order valence-corrected chi connectivity index (χ4v) is 3.60. The lowest BCUT2D eigenvalue weighted by molar-refractivity contribution is 0.0734. The van der Waals surface area contributed by atoms with Crippen LogP contribution in [0.15, 0.2) is 33.6 Å². The van der Waals surface area contributed by atoms with Crippen LogP contribution < -0.4 is 0 Å². The van der Waals surface area contributed by atoms with E-state index in [1.807, 2.05) is 28.6 Å². The number of hydrogen-bond donors (Lipinski definition) is 1. The number of aromatic amines is 1. The van der Waals surface area contributed by atoms with Gasteiger partial charge in [-0.25, -0.2) is 0 Å². The second kappa shape index (κ2) is 4.90. The molecule has 0 radical (unpaired) electrons. The number of H-pyrrole nitrogens is 1. The van der Waals surface area contributed by atoms with Crippen molar-refractivity contribution in [3.8, 4) is 0 Å². The topological polar surface area (TPSA) is 36.1 Å². The molecular weight excluding hydrogens is 312 g/mol. The Hall–Kier alpha value is -1.07. The molecule has 0 aliphatic carbocycles. The average molecular weight is 325 g/mol. The van der Waals surface area contributed by atoms with E-state index in [0.717, 1.165) is 34.4 Å². The zero-order chi connectivity index (χ0) is 12.5. The fourth-order valence-electron chi connectivity index (χ4n) is 2.47. The van der Waals surface area contributed by atoms with Crippen LogP contribution in [0, 0.1) is 0 Å². The third-order valence-corrected chi connectivity index (χ3v) is 4.81. The highest BCUT2D eigenvalue weighted by atomic mass is 79.9. The van der Waals surface area contributed by atoms with Crippen LogP contribution in [0.4, 0.5) is 0 Å². The zero-order valence-electron chi connectivity index (χ0n) is 9.73. The Morgan fingerprint density at radius 1 is 1.56 bits per heavy atom. The molecule has 2 aromatic rings. The number of thiophene rings is 1. The van der Waals surface area contributed by atoms with Crippen molar-refractivity contribution in [2.45, 2.75) is 18.9 Å². The quantitative estimate of drug-likeness (QED) is 0.895. The Morgan fingerprint density at radius 2 is 2.44 bits per heavy atom. The molecule has 1 aliphatic heterocycles. The summed E-state index contributed by atoms with van der Waals surface area (Å²) in [4.78, 5) is 17.7. The summed E-state index contributed by atoms with van der Waals surface area (Å²) in [7, 11) is 0. The van der Waals surface area contributed by atoms with Crippen LogP contribution in [-0.4, -0.2) is 22.3 Å². The van der Waals surface area contributed by atoms with E-state index in [9.17, 15) is 4.79 Å². The highest BCUT2D eigenvalue weighted by molar-refractivity contribution is 9.11. The van der Waals surface area contributed by atoms with Gasteiger partial charge in [-0.3, -0.25) is 4.79 Å². The normalized spacial score (nSPS) is 19.4. The second-order valence-electron chi connectivity index (χ2n) is 4.42. The molecule has 1 atom stereocenters. The van der Waals surface area contributed by atoms with Gasteiger partial charge < -0.3 is 9.88 Å². The summed E-state index contributed by atoms with van der Waals surface area (Å²) in [5, 5.41) is 1.91. The van der Waals surface area contributed by atoms with Crippen LogP contribution in [0.2, 0.25) is 0 Å². The standard InChI is InChI=1S/C13H13BrN2OS/c14-12-7-9(8-18-12)13(17)16-6-2-4-11(16)10-3-1-5-15-10/h1,3,5,7-8,11,15H,2,4,6H2. The predicted octanol–water partition coefficient (Wildman–Crippen LogP) is 3.82. The van der Waals surface area contributed by atoms with Crippen molar-refractivity contribution >= 4 is 33.2 Å². The summed E-state index contributed by atoms with van der Waals surface area (Å²) in [6.45, 7) is 0.843. The fraction of sp³-hybridized carbons (Fsp3) is 0.308. The molecule has 18 heavy (non-hydrogen) atoms. The first-order chi connectivity index (χ1) is 8.75. The minimum absolute atomic E-state index is 0.133. The van der Waals surface area contributed by atoms with Crippen molar-refractivity contribution in [1.82, 2.24) is 9.88 Å². The summed E-state index contributed by atoms with van der Waals surface area (Å²) in [6, 6.07) is 6.14. The van der Waals surface area contributed by atoms with Crippen LogP contribution >= 0.6 is 27.3 Å². The molecule has 3 heterocycles. The Bertz CT molecular complexity index is 549. The predicted molar refractivity (Wildman–Crippen MR) is 75.8 cm³/mol. The van der Waals surface area contributed by atoms with Crippen LogP contribution in [0.3, 0.4) is 0 Å². The van der Waals surface area contributed by atoms with E-state index < -0.39 is 0 Å². The molecule has 1 saturated heterocycles. The van der Waals surface area contributed by atoms with E-state index in [4.69, 9.17) is 0 Å². The molecule has 0 bridgehead atoms. The molecule has 1 aliphatic rings. The average Bonchev–Trinajstić information content (AvgIpc) is 3.08. The monoisotopic (exact) mass is 324 g/mol. The molecule has 5 heteroatoms. The molecule has 3 nitrogen and oxygen atoms in total. The van der Waals surface area contributed by atoms with Crippen molar-refractivity contribution < 1.29 is 4.79 Å². The van der Waals surface area contributed by atoms with Crippen molar-refractivity contribution in [2.24, 2.45) is 0 Å². The maximum absolute atomic E-state index is 12.5. The summed E-state index contributed by atoms with van der Waals surface area (Å²) in [6.07, 6.45) is 4.02. The lowest BCUT2D eigenvalue weighted by Crippen LogP contribution is -2.30. The molecule has 0 spiro atoms. The van der Waals surface area contributed by atoms with Gasteiger partial charge in [0.1, 0.15) is 0 Å². The van der Waals surface area contributed by atoms with Gasteiger partial charge in [0.25, 0.3) is 5.91 Å².